The number of nitrogens with two attached hydrogens (primary N) is 1. The van der Waals surface area contributed by atoms with Crippen LogP contribution >= 0.6 is 0 Å². The summed E-state index contributed by atoms with van der Waals surface area (Å²) in [6.07, 6.45) is 8.20. The standard InChI is InChI=1S/C10H15N/c1-8-4-6-10(3,11)7-5-9(8)2/h4-7H,11H2,1-3H3. The van der Waals surface area contributed by atoms with E-state index >= 15 is 0 Å². The van der Waals surface area contributed by atoms with Gasteiger partial charge in [0.05, 0.1) is 5.54 Å². The third kappa shape index (κ3) is 2.05. The summed E-state index contributed by atoms with van der Waals surface area (Å²) >= 11 is 0. The van der Waals surface area contributed by atoms with E-state index in [1.807, 2.05) is 19.1 Å². The molecule has 0 bridgehead atoms. The van der Waals surface area contributed by atoms with Crippen molar-refractivity contribution in [3.8, 4) is 0 Å². The highest BCUT2D eigenvalue weighted by molar-refractivity contribution is 5.37. The molecule has 1 rings (SSSR count). The van der Waals surface area contributed by atoms with Crippen LogP contribution in [0.3, 0.4) is 0 Å². The lowest BCUT2D eigenvalue weighted by Gasteiger charge is -2.12. The first kappa shape index (κ1) is 8.28. The van der Waals surface area contributed by atoms with Crippen LogP contribution in [0.4, 0.5) is 0 Å². The third-order valence-corrected chi connectivity index (χ3v) is 2.01. The van der Waals surface area contributed by atoms with Gasteiger partial charge in [-0.1, -0.05) is 24.3 Å². The molecule has 0 unspecified atom stereocenters. The molecule has 0 saturated carbocycles. The Bertz CT molecular complexity index is 218. The van der Waals surface area contributed by atoms with Crippen molar-refractivity contribution in [1.29, 1.82) is 0 Å². The zero-order valence-electron chi connectivity index (χ0n) is 7.39. The van der Waals surface area contributed by atoms with E-state index in [0.29, 0.717) is 0 Å². The normalized spacial score (nSPS) is 22.2. The molecule has 0 aromatic carbocycles. The van der Waals surface area contributed by atoms with Gasteiger partial charge in [-0.3, -0.25) is 0 Å². The number of rotatable bonds is 0. The molecule has 0 amide bonds. The van der Waals surface area contributed by atoms with Crippen LogP contribution in [0, 0.1) is 0 Å². The van der Waals surface area contributed by atoms with Gasteiger partial charge >= 0.3 is 0 Å². The summed E-state index contributed by atoms with van der Waals surface area (Å²) in [6.45, 7) is 6.18. The predicted molar refractivity (Wildman–Crippen MR) is 49.2 cm³/mol. The molecule has 0 aromatic heterocycles. The summed E-state index contributed by atoms with van der Waals surface area (Å²) in [5.74, 6) is 0. The Morgan fingerprint density at radius 1 is 1.09 bits per heavy atom. The van der Waals surface area contributed by atoms with Crippen molar-refractivity contribution in [2.45, 2.75) is 26.3 Å². The van der Waals surface area contributed by atoms with Crippen molar-refractivity contribution < 1.29 is 0 Å². The van der Waals surface area contributed by atoms with Crippen molar-refractivity contribution in [3.05, 3.63) is 35.5 Å². The number of hydrogen-bond donors (Lipinski definition) is 1. The molecule has 1 nitrogen and oxygen atoms in total. The van der Waals surface area contributed by atoms with Gasteiger partial charge in [-0.2, -0.15) is 0 Å². The van der Waals surface area contributed by atoms with Gasteiger partial charge in [0.1, 0.15) is 0 Å². The molecule has 0 aromatic rings. The van der Waals surface area contributed by atoms with Gasteiger partial charge in [0.15, 0.2) is 0 Å². The minimum absolute atomic E-state index is 0.279. The first-order valence-corrected chi connectivity index (χ1v) is 3.86. The Labute approximate surface area is 68.3 Å². The molecular weight excluding hydrogens is 134 g/mol. The third-order valence-electron chi connectivity index (χ3n) is 2.01. The van der Waals surface area contributed by atoms with E-state index in [1.54, 1.807) is 0 Å². The zero-order valence-corrected chi connectivity index (χ0v) is 7.39. The van der Waals surface area contributed by atoms with Gasteiger partial charge in [0.25, 0.3) is 0 Å². The van der Waals surface area contributed by atoms with E-state index in [-0.39, 0.29) is 5.54 Å². The molecule has 2 N–H and O–H groups in total. The van der Waals surface area contributed by atoms with E-state index < -0.39 is 0 Å². The van der Waals surface area contributed by atoms with E-state index in [0.717, 1.165) is 0 Å². The quantitative estimate of drug-likeness (QED) is 0.561. The number of allylic oxidation sites excluding steroid dienone is 4. The maximum Gasteiger partial charge on any atom is 0.0502 e. The molecule has 0 spiro atoms. The van der Waals surface area contributed by atoms with Crippen LogP contribution in [0.1, 0.15) is 20.8 Å². The lowest BCUT2D eigenvalue weighted by Crippen LogP contribution is -2.30. The first-order chi connectivity index (χ1) is 5.01. The van der Waals surface area contributed by atoms with Crippen LogP contribution in [0.5, 0.6) is 0 Å². The Morgan fingerprint density at radius 2 is 1.45 bits per heavy atom. The van der Waals surface area contributed by atoms with E-state index in [2.05, 4.69) is 26.0 Å². The van der Waals surface area contributed by atoms with E-state index in [4.69, 9.17) is 5.73 Å². The van der Waals surface area contributed by atoms with Crippen molar-refractivity contribution in [1.82, 2.24) is 0 Å². The lowest BCUT2D eigenvalue weighted by atomic mass is 10.0. The van der Waals surface area contributed by atoms with Gasteiger partial charge in [0.2, 0.25) is 0 Å². The van der Waals surface area contributed by atoms with Crippen molar-refractivity contribution >= 4 is 0 Å². The highest BCUT2D eigenvalue weighted by atomic mass is 14.7. The van der Waals surface area contributed by atoms with E-state index in [9.17, 15) is 0 Å². The van der Waals surface area contributed by atoms with Crippen molar-refractivity contribution in [2.75, 3.05) is 0 Å². The summed E-state index contributed by atoms with van der Waals surface area (Å²) in [7, 11) is 0. The highest BCUT2D eigenvalue weighted by Gasteiger charge is 2.10. The predicted octanol–water partition coefficient (Wildman–Crippen LogP) is 2.17. The summed E-state index contributed by atoms with van der Waals surface area (Å²) < 4.78 is 0. The molecule has 1 aliphatic rings. The Balaban J connectivity index is 3.01. The van der Waals surface area contributed by atoms with Crippen LogP contribution in [0.2, 0.25) is 0 Å². The first-order valence-electron chi connectivity index (χ1n) is 3.86. The van der Waals surface area contributed by atoms with Crippen LogP contribution in [0.15, 0.2) is 35.5 Å². The fraction of sp³-hybridized carbons (Fsp3) is 0.400. The smallest absolute Gasteiger partial charge is 0.0502 e. The van der Waals surface area contributed by atoms with Crippen LogP contribution in [-0.2, 0) is 0 Å². The second kappa shape index (κ2) is 2.67. The lowest BCUT2D eigenvalue weighted by molar-refractivity contribution is 0.735. The minimum Gasteiger partial charge on any atom is -0.319 e. The molecule has 1 aliphatic carbocycles. The second-order valence-electron chi connectivity index (χ2n) is 3.40. The van der Waals surface area contributed by atoms with Crippen molar-refractivity contribution in [3.63, 3.8) is 0 Å². The average molecular weight is 149 g/mol. The zero-order chi connectivity index (χ0) is 8.48. The van der Waals surface area contributed by atoms with Gasteiger partial charge in [-0.25, -0.2) is 0 Å². The molecule has 11 heavy (non-hydrogen) atoms. The van der Waals surface area contributed by atoms with Gasteiger partial charge in [-0.15, -0.1) is 0 Å². The average Bonchev–Trinajstić information content (AvgIpc) is 2.03. The van der Waals surface area contributed by atoms with Gasteiger partial charge in [-0.05, 0) is 31.9 Å². The highest BCUT2D eigenvalue weighted by Crippen LogP contribution is 2.15. The topological polar surface area (TPSA) is 26.0 Å². The summed E-state index contributed by atoms with van der Waals surface area (Å²) in [5.41, 5.74) is 8.20. The molecule has 1 heteroatoms. The monoisotopic (exact) mass is 149 g/mol. The molecule has 0 aliphatic heterocycles. The largest absolute Gasteiger partial charge is 0.319 e. The molecule has 0 saturated heterocycles. The fourth-order valence-corrected chi connectivity index (χ4v) is 0.928. The second-order valence-corrected chi connectivity index (χ2v) is 3.40. The van der Waals surface area contributed by atoms with Gasteiger partial charge in [0, 0.05) is 0 Å². The van der Waals surface area contributed by atoms with Crippen molar-refractivity contribution in [2.24, 2.45) is 5.73 Å². The Morgan fingerprint density at radius 3 is 1.82 bits per heavy atom. The van der Waals surface area contributed by atoms with Crippen LogP contribution in [-0.4, -0.2) is 5.54 Å². The molecule has 0 atom stereocenters. The Hall–Kier alpha value is -0.820. The minimum atomic E-state index is -0.279. The van der Waals surface area contributed by atoms with E-state index in [1.165, 1.54) is 11.1 Å². The maximum atomic E-state index is 5.90. The molecular formula is C10H15N. The fourth-order valence-electron chi connectivity index (χ4n) is 0.928. The summed E-state index contributed by atoms with van der Waals surface area (Å²) in [4.78, 5) is 0. The SMILES string of the molecule is CC1=C(C)C=CC(C)(N)C=C1. The Kier molecular flexibility index (Phi) is 2.01. The summed E-state index contributed by atoms with van der Waals surface area (Å²) in [5, 5.41) is 0. The molecule has 0 fully saturated rings. The van der Waals surface area contributed by atoms with Crippen LogP contribution in [0.25, 0.3) is 0 Å². The molecule has 60 valence electrons. The molecule has 0 heterocycles. The maximum absolute atomic E-state index is 5.90. The van der Waals surface area contributed by atoms with Crippen LogP contribution < -0.4 is 5.73 Å². The van der Waals surface area contributed by atoms with Gasteiger partial charge < -0.3 is 5.73 Å². The summed E-state index contributed by atoms with van der Waals surface area (Å²) in [6, 6.07) is 0. The number of hydrogen-bond acceptors (Lipinski definition) is 1. The molecule has 0 radical (unpaired) electrons.